The fourth-order valence-electron chi connectivity index (χ4n) is 1.75. The Kier molecular flexibility index (Phi) is 4.72. The number of sulfonamides is 1. The lowest BCUT2D eigenvalue weighted by Gasteiger charge is -2.10. The van der Waals surface area contributed by atoms with Gasteiger partial charge in [0.15, 0.2) is 0 Å². The highest BCUT2D eigenvalue weighted by atomic mass is 35.5. The Morgan fingerprint density at radius 1 is 1.08 bits per heavy atom. The van der Waals surface area contributed by atoms with Crippen molar-refractivity contribution in [1.29, 1.82) is 0 Å². The van der Waals surface area contributed by atoms with Crippen molar-refractivity contribution in [2.75, 3.05) is 4.72 Å². The number of nitrogens with zero attached hydrogens (tertiary/aromatic N) is 1. The van der Waals surface area contributed by atoms with Crippen LogP contribution in [0.15, 0.2) is 47.4 Å². The maximum absolute atomic E-state index is 12.5. The molecule has 0 aliphatic heterocycles. The Labute approximate surface area is 139 Å². The molecule has 0 aromatic heterocycles. The molecule has 0 amide bonds. The third-order valence-electron chi connectivity index (χ3n) is 2.89. The topological polar surface area (TPSA) is 89.3 Å². The summed E-state index contributed by atoms with van der Waals surface area (Å²) in [6.45, 7) is 0. The van der Waals surface area contributed by atoms with Crippen molar-refractivity contribution >= 4 is 33.0 Å². The zero-order chi connectivity index (χ0) is 18.1. The average molecular weight is 381 g/mol. The Balaban J connectivity index is 2.32. The Morgan fingerprint density at radius 2 is 1.67 bits per heavy atom. The van der Waals surface area contributed by atoms with E-state index in [0.717, 1.165) is 24.3 Å². The van der Waals surface area contributed by atoms with E-state index in [-0.39, 0.29) is 10.7 Å². The predicted molar refractivity (Wildman–Crippen MR) is 80.4 cm³/mol. The van der Waals surface area contributed by atoms with Gasteiger partial charge in [0, 0.05) is 6.07 Å². The van der Waals surface area contributed by atoms with E-state index in [2.05, 4.69) is 0 Å². The lowest BCUT2D eigenvalue weighted by atomic mass is 10.2. The molecule has 6 nitrogen and oxygen atoms in total. The highest BCUT2D eigenvalue weighted by molar-refractivity contribution is 7.92. The summed E-state index contributed by atoms with van der Waals surface area (Å²) in [6.07, 6.45) is -4.59. The van der Waals surface area contributed by atoms with Crippen LogP contribution in [0.4, 0.5) is 24.5 Å². The number of nitrogens with one attached hydrogen (secondary N) is 1. The second kappa shape index (κ2) is 6.29. The molecule has 11 heteroatoms. The Morgan fingerprint density at radius 3 is 2.17 bits per heavy atom. The number of halogens is 4. The minimum absolute atomic E-state index is 0.147. The molecule has 2 aromatic rings. The second-order valence-corrected chi connectivity index (χ2v) is 6.64. The summed E-state index contributed by atoms with van der Waals surface area (Å²) < 4.78 is 63.7. The number of hydrogen-bond donors (Lipinski definition) is 1. The molecule has 0 radical (unpaired) electrons. The van der Waals surface area contributed by atoms with Gasteiger partial charge >= 0.3 is 6.18 Å². The van der Waals surface area contributed by atoms with Gasteiger partial charge in [-0.1, -0.05) is 11.6 Å². The van der Waals surface area contributed by atoms with Crippen LogP contribution in [0.5, 0.6) is 0 Å². The predicted octanol–water partition coefficient (Wildman–Crippen LogP) is 4.07. The molecule has 0 atom stereocenters. The summed E-state index contributed by atoms with van der Waals surface area (Å²) in [4.78, 5) is 9.56. The SMILES string of the molecule is O=[N+]([O-])c1cc(NS(=O)(=O)c2ccc(C(F)(F)F)cc2)ccc1Cl. The van der Waals surface area contributed by atoms with Crippen molar-refractivity contribution in [2.45, 2.75) is 11.1 Å². The molecular weight excluding hydrogens is 373 g/mol. The van der Waals surface area contributed by atoms with E-state index in [9.17, 15) is 31.7 Å². The standard InChI is InChI=1S/C13H8ClF3N2O4S/c14-11-6-3-9(7-12(11)19(20)21)18-24(22,23)10-4-1-8(2-5-10)13(15,16)17/h1-7,18H. The van der Waals surface area contributed by atoms with Gasteiger partial charge in [0.05, 0.1) is 21.1 Å². The van der Waals surface area contributed by atoms with Gasteiger partial charge in [0.2, 0.25) is 0 Å². The quantitative estimate of drug-likeness (QED) is 0.639. The number of rotatable bonds is 4. The van der Waals surface area contributed by atoms with Crippen molar-refractivity contribution in [2.24, 2.45) is 0 Å². The summed E-state index contributed by atoms with van der Waals surface area (Å²) in [5.41, 5.74) is -1.65. The van der Waals surface area contributed by atoms with Crippen molar-refractivity contribution < 1.29 is 26.5 Å². The molecule has 24 heavy (non-hydrogen) atoms. The molecule has 0 aliphatic carbocycles. The van der Waals surface area contributed by atoms with Gasteiger partial charge in [-0.05, 0) is 36.4 Å². The molecule has 0 saturated heterocycles. The molecular formula is C13H8ClF3N2O4S. The molecule has 0 fully saturated rings. The summed E-state index contributed by atoms with van der Waals surface area (Å²) in [5, 5.41) is 10.6. The van der Waals surface area contributed by atoms with Crippen LogP contribution in [-0.2, 0) is 16.2 Å². The van der Waals surface area contributed by atoms with Crippen LogP contribution in [-0.4, -0.2) is 13.3 Å². The normalized spacial score (nSPS) is 12.0. The van der Waals surface area contributed by atoms with Crippen molar-refractivity contribution in [1.82, 2.24) is 0 Å². The highest BCUT2D eigenvalue weighted by Gasteiger charge is 2.30. The number of nitro benzene ring substituents is 1. The molecule has 1 N–H and O–H groups in total. The first kappa shape index (κ1) is 18.0. The number of hydrogen-bond acceptors (Lipinski definition) is 4. The van der Waals surface area contributed by atoms with Crippen molar-refractivity contribution in [3.05, 3.63) is 63.2 Å². The second-order valence-electron chi connectivity index (χ2n) is 4.55. The highest BCUT2D eigenvalue weighted by Crippen LogP contribution is 2.31. The van der Waals surface area contributed by atoms with Crippen LogP contribution >= 0.6 is 11.6 Å². The van der Waals surface area contributed by atoms with E-state index in [1.807, 2.05) is 4.72 Å². The first-order valence-corrected chi connectivity index (χ1v) is 8.01. The number of anilines is 1. The lowest BCUT2D eigenvalue weighted by Crippen LogP contribution is -2.14. The van der Waals surface area contributed by atoms with E-state index >= 15 is 0 Å². The lowest BCUT2D eigenvalue weighted by molar-refractivity contribution is -0.384. The fraction of sp³-hybridized carbons (Fsp3) is 0.0769. The molecule has 0 unspecified atom stereocenters. The third-order valence-corrected chi connectivity index (χ3v) is 4.60. The van der Waals surface area contributed by atoms with Crippen LogP contribution in [0.3, 0.4) is 0 Å². The van der Waals surface area contributed by atoms with Gasteiger partial charge < -0.3 is 0 Å². The van der Waals surface area contributed by atoms with E-state index in [1.54, 1.807) is 0 Å². The number of benzene rings is 2. The van der Waals surface area contributed by atoms with Crippen molar-refractivity contribution in [3.8, 4) is 0 Å². The van der Waals surface area contributed by atoms with Crippen LogP contribution in [0.1, 0.15) is 5.56 Å². The average Bonchev–Trinajstić information content (AvgIpc) is 2.48. The van der Waals surface area contributed by atoms with Crippen LogP contribution in [0.25, 0.3) is 0 Å². The van der Waals surface area contributed by atoms with E-state index in [1.165, 1.54) is 6.07 Å². The van der Waals surface area contributed by atoms with Crippen molar-refractivity contribution in [3.63, 3.8) is 0 Å². The van der Waals surface area contributed by atoms with Gasteiger partial charge in [-0.2, -0.15) is 13.2 Å². The Hall–Kier alpha value is -2.33. The van der Waals surface area contributed by atoms with Crippen LogP contribution in [0.2, 0.25) is 5.02 Å². The molecule has 0 spiro atoms. The molecule has 0 saturated carbocycles. The first-order chi connectivity index (χ1) is 11.0. The molecule has 2 aromatic carbocycles. The summed E-state index contributed by atoms with van der Waals surface area (Å²) in [6, 6.07) is 6.05. The van der Waals surface area contributed by atoms with Gasteiger partial charge in [0.1, 0.15) is 5.02 Å². The van der Waals surface area contributed by atoms with E-state index in [4.69, 9.17) is 11.6 Å². The Bertz CT molecular complexity index is 883. The summed E-state index contributed by atoms with van der Waals surface area (Å²) in [7, 11) is -4.21. The fourth-order valence-corrected chi connectivity index (χ4v) is 2.99. The molecule has 128 valence electrons. The van der Waals surface area contributed by atoms with Gasteiger partial charge in [0.25, 0.3) is 15.7 Å². The first-order valence-electron chi connectivity index (χ1n) is 6.15. The van der Waals surface area contributed by atoms with E-state index in [0.29, 0.717) is 12.1 Å². The van der Waals surface area contributed by atoms with Gasteiger partial charge in [-0.3, -0.25) is 14.8 Å². The van der Waals surface area contributed by atoms with E-state index < -0.39 is 37.3 Å². The largest absolute Gasteiger partial charge is 0.416 e. The minimum atomic E-state index is -4.59. The summed E-state index contributed by atoms with van der Waals surface area (Å²) >= 11 is 5.61. The number of alkyl halides is 3. The van der Waals surface area contributed by atoms with Crippen LogP contribution < -0.4 is 4.72 Å². The maximum Gasteiger partial charge on any atom is 0.416 e. The van der Waals surface area contributed by atoms with Gasteiger partial charge in [-0.25, -0.2) is 8.42 Å². The smallest absolute Gasteiger partial charge is 0.279 e. The molecule has 0 heterocycles. The van der Waals surface area contributed by atoms with Gasteiger partial charge in [-0.15, -0.1) is 0 Å². The zero-order valence-electron chi connectivity index (χ0n) is 11.5. The minimum Gasteiger partial charge on any atom is -0.279 e. The molecule has 0 aliphatic rings. The number of nitro groups is 1. The molecule has 2 rings (SSSR count). The zero-order valence-corrected chi connectivity index (χ0v) is 13.1. The monoisotopic (exact) mass is 380 g/mol. The molecule has 0 bridgehead atoms. The summed E-state index contributed by atoms with van der Waals surface area (Å²) in [5.74, 6) is 0. The maximum atomic E-state index is 12.5. The van der Waals surface area contributed by atoms with Crippen LogP contribution in [0, 0.1) is 10.1 Å². The third kappa shape index (κ3) is 3.95.